The molecule has 0 atom stereocenters. The van der Waals surface area contributed by atoms with Crippen molar-refractivity contribution in [3.63, 3.8) is 0 Å². The first-order chi connectivity index (χ1) is 16.6. The predicted molar refractivity (Wildman–Crippen MR) is 131 cm³/mol. The predicted octanol–water partition coefficient (Wildman–Crippen LogP) is 3.09. The van der Waals surface area contributed by atoms with Crippen LogP contribution >= 0.6 is 0 Å². The summed E-state index contributed by atoms with van der Waals surface area (Å²) in [6.45, 7) is 1.87. The number of hydrogen-bond acceptors (Lipinski definition) is 7. The van der Waals surface area contributed by atoms with Gasteiger partial charge in [-0.2, -0.15) is 5.10 Å². The molecule has 0 spiro atoms. The van der Waals surface area contributed by atoms with Gasteiger partial charge in [0.25, 0.3) is 0 Å². The van der Waals surface area contributed by atoms with Gasteiger partial charge in [0.05, 0.1) is 29.9 Å². The van der Waals surface area contributed by atoms with Crippen LogP contribution in [0.1, 0.15) is 24.5 Å². The monoisotopic (exact) mass is 458 g/mol. The molecule has 2 amide bonds. The van der Waals surface area contributed by atoms with E-state index in [4.69, 9.17) is 21.3 Å². The van der Waals surface area contributed by atoms with E-state index < -0.39 is 6.03 Å². The molecule has 10 heteroatoms. The number of amides is 2. The zero-order chi connectivity index (χ0) is 23.7. The average molecular weight is 459 g/mol. The quantitative estimate of drug-likeness (QED) is 0.418. The SMILES string of the molecule is COc1cc(-n2nc(C3CCNCC3)c3ncnc(N)c32)ccc1N(C(N)=O)c1ccccc1. The largest absolute Gasteiger partial charge is 0.494 e. The van der Waals surface area contributed by atoms with E-state index in [1.807, 2.05) is 36.4 Å². The normalized spacial score (nSPS) is 14.3. The lowest BCUT2D eigenvalue weighted by atomic mass is 9.94. The van der Waals surface area contributed by atoms with Crippen molar-refractivity contribution in [1.82, 2.24) is 25.1 Å². The highest BCUT2D eigenvalue weighted by atomic mass is 16.5. The Bertz CT molecular complexity index is 1330. The van der Waals surface area contributed by atoms with Crippen molar-refractivity contribution in [3.8, 4) is 11.4 Å². The zero-order valence-corrected chi connectivity index (χ0v) is 18.8. The maximum absolute atomic E-state index is 12.4. The highest BCUT2D eigenvalue weighted by Crippen LogP contribution is 2.37. The molecule has 4 aromatic rings. The van der Waals surface area contributed by atoms with Crippen molar-refractivity contribution in [2.24, 2.45) is 5.73 Å². The molecule has 0 bridgehead atoms. The van der Waals surface area contributed by atoms with Gasteiger partial charge in [-0.15, -0.1) is 0 Å². The minimum absolute atomic E-state index is 0.281. The summed E-state index contributed by atoms with van der Waals surface area (Å²) in [6.07, 6.45) is 3.42. The second-order valence-corrected chi connectivity index (χ2v) is 8.14. The molecule has 174 valence electrons. The summed E-state index contributed by atoms with van der Waals surface area (Å²) in [5, 5.41) is 8.32. The molecule has 0 aliphatic carbocycles. The van der Waals surface area contributed by atoms with E-state index in [-0.39, 0.29) is 5.92 Å². The first-order valence-electron chi connectivity index (χ1n) is 11.1. The Kier molecular flexibility index (Phi) is 5.72. The summed E-state index contributed by atoms with van der Waals surface area (Å²) >= 11 is 0. The number of urea groups is 1. The minimum atomic E-state index is -0.618. The molecule has 5 N–H and O–H groups in total. The van der Waals surface area contributed by atoms with E-state index in [0.717, 1.165) is 37.1 Å². The molecule has 3 heterocycles. The second kappa shape index (κ2) is 8.99. The number of anilines is 3. The Morgan fingerprint density at radius 1 is 1.15 bits per heavy atom. The lowest BCUT2D eigenvalue weighted by Crippen LogP contribution is -2.31. The maximum atomic E-state index is 12.4. The molecular formula is C24H26N8O2. The van der Waals surface area contributed by atoms with Gasteiger partial charge in [0, 0.05) is 12.0 Å². The Hall–Kier alpha value is -4.18. The van der Waals surface area contributed by atoms with Crippen LogP contribution in [0.25, 0.3) is 16.7 Å². The van der Waals surface area contributed by atoms with Crippen LogP contribution in [0, 0.1) is 0 Å². The summed E-state index contributed by atoms with van der Waals surface area (Å²) in [5.41, 5.74) is 16.2. The van der Waals surface area contributed by atoms with Gasteiger partial charge in [0.1, 0.15) is 23.1 Å². The highest BCUT2D eigenvalue weighted by Gasteiger charge is 2.26. The molecule has 2 aromatic heterocycles. The number of carbonyl (C=O) groups excluding carboxylic acids is 1. The Morgan fingerprint density at radius 3 is 2.62 bits per heavy atom. The number of carbonyl (C=O) groups is 1. The standard InChI is InChI=1S/C24H26N8O2/c1-34-19-13-17(7-8-18(19)31(24(26)33)16-5-3-2-4-6-16)32-22-21(28-14-29-23(22)25)20(30-32)15-9-11-27-12-10-15/h2-8,13-15,27H,9-12H2,1H3,(H2,26,33)(H2,25,28,29). The number of nitrogen functional groups attached to an aromatic ring is 1. The van der Waals surface area contributed by atoms with Gasteiger partial charge in [-0.1, -0.05) is 18.2 Å². The van der Waals surface area contributed by atoms with Gasteiger partial charge in [0.15, 0.2) is 5.82 Å². The summed E-state index contributed by atoms with van der Waals surface area (Å²) in [6, 6.07) is 14.0. The number of piperidine rings is 1. The highest BCUT2D eigenvalue weighted by molar-refractivity contribution is 6.00. The lowest BCUT2D eigenvalue weighted by Gasteiger charge is -2.23. The fourth-order valence-corrected chi connectivity index (χ4v) is 4.50. The number of nitrogens with one attached hydrogen (secondary N) is 1. The van der Waals surface area contributed by atoms with Crippen molar-refractivity contribution in [2.45, 2.75) is 18.8 Å². The number of rotatable bonds is 5. The Morgan fingerprint density at radius 2 is 1.91 bits per heavy atom. The first-order valence-corrected chi connectivity index (χ1v) is 11.1. The number of nitrogens with two attached hydrogens (primary N) is 2. The summed E-state index contributed by atoms with van der Waals surface area (Å²) < 4.78 is 7.42. The van der Waals surface area contributed by atoms with Crippen LogP contribution in [0.3, 0.4) is 0 Å². The van der Waals surface area contributed by atoms with E-state index in [0.29, 0.717) is 34.1 Å². The van der Waals surface area contributed by atoms with Gasteiger partial charge in [0.2, 0.25) is 0 Å². The fraction of sp³-hybridized carbons (Fsp3) is 0.250. The number of aromatic nitrogens is 4. The summed E-state index contributed by atoms with van der Waals surface area (Å²) in [7, 11) is 1.55. The molecule has 1 saturated heterocycles. The molecule has 1 aliphatic rings. The number of primary amides is 1. The van der Waals surface area contributed by atoms with E-state index in [1.165, 1.54) is 11.2 Å². The van der Waals surface area contributed by atoms with E-state index in [1.54, 1.807) is 23.9 Å². The molecule has 34 heavy (non-hydrogen) atoms. The second-order valence-electron chi connectivity index (χ2n) is 8.14. The van der Waals surface area contributed by atoms with Crippen molar-refractivity contribution in [3.05, 3.63) is 60.6 Å². The summed E-state index contributed by atoms with van der Waals surface area (Å²) in [4.78, 5) is 22.5. The molecule has 5 rings (SSSR count). The van der Waals surface area contributed by atoms with Gasteiger partial charge >= 0.3 is 6.03 Å². The molecule has 1 fully saturated rings. The number of ether oxygens (including phenoxy) is 1. The van der Waals surface area contributed by atoms with Crippen LogP contribution in [0.5, 0.6) is 5.75 Å². The van der Waals surface area contributed by atoms with Crippen LogP contribution < -0.4 is 26.4 Å². The van der Waals surface area contributed by atoms with Gasteiger partial charge in [-0.3, -0.25) is 4.90 Å². The van der Waals surface area contributed by atoms with Gasteiger partial charge in [-0.25, -0.2) is 19.4 Å². The zero-order valence-electron chi connectivity index (χ0n) is 18.8. The molecule has 10 nitrogen and oxygen atoms in total. The fourth-order valence-electron chi connectivity index (χ4n) is 4.50. The van der Waals surface area contributed by atoms with Crippen LogP contribution in [0.4, 0.5) is 22.0 Å². The number of nitrogens with zero attached hydrogens (tertiary/aromatic N) is 5. The average Bonchev–Trinajstić information content (AvgIpc) is 3.26. The number of hydrogen-bond donors (Lipinski definition) is 3. The van der Waals surface area contributed by atoms with E-state index in [9.17, 15) is 4.79 Å². The molecule has 0 unspecified atom stereocenters. The van der Waals surface area contributed by atoms with Crippen LogP contribution in [0.15, 0.2) is 54.9 Å². The molecular weight excluding hydrogens is 432 g/mol. The van der Waals surface area contributed by atoms with E-state index in [2.05, 4.69) is 15.3 Å². The van der Waals surface area contributed by atoms with Crippen LogP contribution in [-0.4, -0.2) is 46.0 Å². The third-order valence-corrected chi connectivity index (χ3v) is 6.12. The number of fused-ring (bicyclic) bond motifs is 1. The third kappa shape index (κ3) is 3.77. The smallest absolute Gasteiger partial charge is 0.324 e. The Labute approximate surface area is 196 Å². The van der Waals surface area contributed by atoms with E-state index >= 15 is 0 Å². The summed E-state index contributed by atoms with van der Waals surface area (Å²) in [5.74, 6) is 1.09. The van der Waals surface area contributed by atoms with Crippen molar-refractivity contribution in [2.75, 3.05) is 30.8 Å². The number of para-hydroxylation sites is 1. The maximum Gasteiger partial charge on any atom is 0.324 e. The van der Waals surface area contributed by atoms with Crippen molar-refractivity contribution >= 4 is 34.3 Å². The molecule has 0 saturated carbocycles. The van der Waals surface area contributed by atoms with Crippen molar-refractivity contribution < 1.29 is 9.53 Å². The molecule has 1 aliphatic heterocycles. The minimum Gasteiger partial charge on any atom is -0.494 e. The van der Waals surface area contributed by atoms with Crippen LogP contribution in [0.2, 0.25) is 0 Å². The Balaban J connectivity index is 1.64. The van der Waals surface area contributed by atoms with Gasteiger partial charge in [-0.05, 0) is 50.2 Å². The number of benzene rings is 2. The first kappa shape index (κ1) is 21.7. The topological polar surface area (TPSA) is 137 Å². The number of methoxy groups -OCH3 is 1. The van der Waals surface area contributed by atoms with Crippen LogP contribution in [-0.2, 0) is 0 Å². The third-order valence-electron chi connectivity index (χ3n) is 6.12. The molecule has 0 radical (unpaired) electrons. The van der Waals surface area contributed by atoms with Gasteiger partial charge < -0.3 is 21.5 Å². The molecule has 2 aromatic carbocycles. The lowest BCUT2D eigenvalue weighted by molar-refractivity contribution is 0.256. The van der Waals surface area contributed by atoms with Crippen molar-refractivity contribution in [1.29, 1.82) is 0 Å².